The average molecular weight is 309 g/mol. The molecule has 0 aliphatic rings. The Kier molecular flexibility index (Phi) is 2.79. The third kappa shape index (κ3) is 2.02. The molecule has 0 atom stereocenters. The molecule has 3 aromatic carbocycles. The molecule has 0 spiro atoms. The van der Waals surface area contributed by atoms with Crippen molar-refractivity contribution in [3.63, 3.8) is 0 Å². The van der Waals surface area contributed by atoms with Crippen LogP contribution in [-0.2, 0) is 0 Å². The summed E-state index contributed by atoms with van der Waals surface area (Å²) in [6, 6.07) is 25.0. The second kappa shape index (κ2) is 5.10. The highest BCUT2D eigenvalue weighted by Gasteiger charge is 2.09. The Bertz CT molecular complexity index is 1130. The van der Waals surface area contributed by atoms with Crippen molar-refractivity contribution in [1.29, 1.82) is 0 Å². The molecular formula is C21H15N3. The molecule has 3 nitrogen and oxygen atoms in total. The highest BCUT2D eigenvalue weighted by atomic mass is 14.9. The fourth-order valence-corrected chi connectivity index (χ4v) is 3.25. The molecule has 0 radical (unpaired) electrons. The Morgan fingerprint density at radius 3 is 2.21 bits per heavy atom. The first-order valence-corrected chi connectivity index (χ1v) is 8.00. The summed E-state index contributed by atoms with van der Waals surface area (Å²) >= 11 is 0. The summed E-state index contributed by atoms with van der Waals surface area (Å²) in [5, 5.41) is 7.07. The van der Waals surface area contributed by atoms with Gasteiger partial charge in [-0.25, -0.2) is 4.98 Å². The van der Waals surface area contributed by atoms with Crippen LogP contribution in [0.25, 0.3) is 32.7 Å². The van der Waals surface area contributed by atoms with Gasteiger partial charge in [-0.2, -0.15) is 0 Å². The molecule has 0 saturated heterocycles. The molecular weight excluding hydrogens is 294 g/mol. The Balaban J connectivity index is 1.76. The van der Waals surface area contributed by atoms with Crippen LogP contribution in [0.5, 0.6) is 0 Å². The van der Waals surface area contributed by atoms with Crippen LogP contribution in [0, 0.1) is 0 Å². The molecule has 0 aliphatic carbocycles. The number of aromatic amines is 1. The number of pyridine rings is 1. The standard InChI is InChI=1S/C21H15N3/c1-3-7-19-16(5-1)21(17-6-2-4-8-20(17)24-19)23-15-9-10-18-14(13-15)11-12-22-18/h1-13,22H,(H,23,24). The van der Waals surface area contributed by atoms with Gasteiger partial charge >= 0.3 is 0 Å². The van der Waals surface area contributed by atoms with Crippen molar-refractivity contribution in [2.24, 2.45) is 0 Å². The fraction of sp³-hybridized carbons (Fsp3) is 0. The smallest absolute Gasteiger partial charge is 0.0730 e. The molecule has 0 amide bonds. The molecule has 0 bridgehead atoms. The zero-order valence-electron chi connectivity index (χ0n) is 13.0. The summed E-state index contributed by atoms with van der Waals surface area (Å²) in [6.45, 7) is 0. The van der Waals surface area contributed by atoms with E-state index in [9.17, 15) is 0 Å². The first-order valence-electron chi connectivity index (χ1n) is 8.00. The number of hydrogen-bond acceptors (Lipinski definition) is 2. The number of nitrogens with zero attached hydrogens (tertiary/aromatic N) is 1. The van der Waals surface area contributed by atoms with E-state index in [0.29, 0.717) is 0 Å². The van der Waals surface area contributed by atoms with Gasteiger partial charge in [0.2, 0.25) is 0 Å². The van der Waals surface area contributed by atoms with Gasteiger partial charge in [0.15, 0.2) is 0 Å². The third-order valence-electron chi connectivity index (χ3n) is 4.41. The minimum Gasteiger partial charge on any atom is -0.361 e. The molecule has 2 heterocycles. The SMILES string of the molecule is c1ccc2c(Nc3ccc4[nH]ccc4c3)c3ccccc3nc2c1. The number of aromatic nitrogens is 2. The van der Waals surface area contributed by atoms with Crippen LogP contribution in [0.3, 0.4) is 0 Å². The van der Waals surface area contributed by atoms with Crippen LogP contribution < -0.4 is 5.32 Å². The van der Waals surface area contributed by atoms with E-state index in [1.807, 2.05) is 18.3 Å². The highest BCUT2D eigenvalue weighted by Crippen LogP contribution is 2.33. The average Bonchev–Trinajstić information content (AvgIpc) is 3.09. The van der Waals surface area contributed by atoms with Crippen molar-refractivity contribution >= 4 is 44.1 Å². The lowest BCUT2D eigenvalue weighted by Crippen LogP contribution is -1.95. The van der Waals surface area contributed by atoms with Crippen molar-refractivity contribution in [1.82, 2.24) is 9.97 Å². The van der Waals surface area contributed by atoms with Gasteiger partial charge in [0.25, 0.3) is 0 Å². The fourth-order valence-electron chi connectivity index (χ4n) is 3.25. The van der Waals surface area contributed by atoms with Gasteiger partial charge in [-0.15, -0.1) is 0 Å². The molecule has 3 heteroatoms. The van der Waals surface area contributed by atoms with Gasteiger partial charge in [0.05, 0.1) is 16.7 Å². The summed E-state index contributed by atoms with van der Waals surface area (Å²) < 4.78 is 0. The van der Waals surface area contributed by atoms with Gasteiger partial charge in [-0.3, -0.25) is 0 Å². The van der Waals surface area contributed by atoms with Crippen molar-refractivity contribution < 1.29 is 0 Å². The monoisotopic (exact) mass is 309 g/mol. The lowest BCUT2D eigenvalue weighted by molar-refractivity contribution is 1.47. The summed E-state index contributed by atoms with van der Waals surface area (Å²) in [5.74, 6) is 0. The van der Waals surface area contributed by atoms with Crippen molar-refractivity contribution in [2.45, 2.75) is 0 Å². The van der Waals surface area contributed by atoms with Crippen LogP contribution in [-0.4, -0.2) is 9.97 Å². The predicted octanol–water partition coefficient (Wildman–Crippen LogP) is 5.61. The minimum atomic E-state index is 1.00. The van der Waals surface area contributed by atoms with Crippen LogP contribution in [0.15, 0.2) is 79.0 Å². The zero-order chi connectivity index (χ0) is 15.9. The van der Waals surface area contributed by atoms with E-state index in [1.165, 1.54) is 5.39 Å². The van der Waals surface area contributed by atoms with Crippen LogP contribution in [0.2, 0.25) is 0 Å². The van der Waals surface area contributed by atoms with E-state index in [1.54, 1.807) is 0 Å². The lowest BCUT2D eigenvalue weighted by Gasteiger charge is -2.13. The summed E-state index contributed by atoms with van der Waals surface area (Å²) in [6.07, 6.45) is 1.96. The second-order valence-electron chi connectivity index (χ2n) is 5.93. The van der Waals surface area contributed by atoms with E-state index in [2.05, 4.69) is 71.0 Å². The van der Waals surface area contributed by atoms with E-state index in [-0.39, 0.29) is 0 Å². The zero-order valence-corrected chi connectivity index (χ0v) is 13.0. The number of fused-ring (bicyclic) bond motifs is 3. The van der Waals surface area contributed by atoms with Crippen LogP contribution >= 0.6 is 0 Å². The van der Waals surface area contributed by atoms with Gasteiger partial charge < -0.3 is 10.3 Å². The molecule has 5 aromatic rings. The summed E-state index contributed by atoms with van der Waals surface area (Å²) in [7, 11) is 0. The van der Waals surface area contributed by atoms with E-state index in [0.717, 1.165) is 38.7 Å². The Labute approximate surface area is 139 Å². The van der Waals surface area contributed by atoms with E-state index >= 15 is 0 Å². The van der Waals surface area contributed by atoms with Gasteiger partial charge in [-0.05, 0) is 36.4 Å². The molecule has 24 heavy (non-hydrogen) atoms. The highest BCUT2D eigenvalue weighted by molar-refractivity contribution is 6.08. The largest absolute Gasteiger partial charge is 0.361 e. The molecule has 2 aromatic heterocycles. The molecule has 0 fully saturated rings. The maximum atomic E-state index is 4.78. The number of para-hydroxylation sites is 2. The lowest BCUT2D eigenvalue weighted by atomic mass is 10.1. The Morgan fingerprint density at radius 2 is 1.46 bits per heavy atom. The summed E-state index contributed by atoms with van der Waals surface area (Å²) in [4.78, 5) is 8.01. The number of nitrogens with one attached hydrogen (secondary N) is 2. The second-order valence-corrected chi connectivity index (χ2v) is 5.93. The van der Waals surface area contributed by atoms with Crippen LogP contribution in [0.4, 0.5) is 11.4 Å². The quantitative estimate of drug-likeness (QED) is 0.416. The topological polar surface area (TPSA) is 40.7 Å². The molecule has 2 N–H and O–H groups in total. The number of hydrogen-bond donors (Lipinski definition) is 2. The van der Waals surface area contributed by atoms with Crippen molar-refractivity contribution in [3.05, 3.63) is 79.0 Å². The first kappa shape index (κ1) is 13.1. The van der Waals surface area contributed by atoms with Gasteiger partial charge in [0.1, 0.15) is 0 Å². The van der Waals surface area contributed by atoms with E-state index < -0.39 is 0 Å². The predicted molar refractivity (Wildman–Crippen MR) is 101 cm³/mol. The normalized spacial score (nSPS) is 11.3. The number of H-pyrrole nitrogens is 1. The number of rotatable bonds is 2. The Morgan fingerprint density at radius 1 is 0.750 bits per heavy atom. The maximum absolute atomic E-state index is 4.78. The summed E-state index contributed by atoms with van der Waals surface area (Å²) in [5.41, 5.74) is 5.32. The third-order valence-corrected chi connectivity index (χ3v) is 4.41. The van der Waals surface area contributed by atoms with Crippen molar-refractivity contribution in [3.8, 4) is 0 Å². The van der Waals surface area contributed by atoms with Gasteiger partial charge in [-0.1, -0.05) is 36.4 Å². The van der Waals surface area contributed by atoms with Crippen molar-refractivity contribution in [2.75, 3.05) is 5.32 Å². The molecule has 0 saturated carbocycles. The van der Waals surface area contributed by atoms with Crippen LogP contribution in [0.1, 0.15) is 0 Å². The minimum absolute atomic E-state index is 1.00. The van der Waals surface area contributed by atoms with Gasteiger partial charge in [0, 0.05) is 33.6 Å². The first-order chi connectivity index (χ1) is 11.9. The number of anilines is 2. The maximum Gasteiger partial charge on any atom is 0.0730 e. The molecule has 0 aliphatic heterocycles. The molecule has 5 rings (SSSR count). The Hall–Kier alpha value is -3.33. The van der Waals surface area contributed by atoms with E-state index in [4.69, 9.17) is 4.98 Å². The molecule has 0 unspecified atom stereocenters. The molecule has 114 valence electrons. The number of benzene rings is 3.